The molecule has 6 rings (SSSR count). The number of pyridine rings is 1. The number of nitrogen functional groups attached to an aromatic ring is 1. The lowest BCUT2D eigenvalue weighted by atomic mass is 10.1. The van der Waals surface area contributed by atoms with Gasteiger partial charge in [0, 0.05) is 49.9 Å². The van der Waals surface area contributed by atoms with Crippen molar-refractivity contribution in [3.05, 3.63) is 78.9 Å². The van der Waals surface area contributed by atoms with Gasteiger partial charge in [-0.25, -0.2) is 19.6 Å². The van der Waals surface area contributed by atoms with Gasteiger partial charge in [0.25, 0.3) is 5.91 Å². The molecule has 4 heterocycles. The molecule has 0 fully saturated rings. The van der Waals surface area contributed by atoms with Crippen LogP contribution in [0.25, 0.3) is 38.9 Å². The number of methoxy groups -OCH3 is 1. The molecule has 0 unspecified atom stereocenters. The Kier molecular flexibility index (Phi) is 6.03. The topological polar surface area (TPSA) is 129 Å². The normalized spacial score (nSPS) is 11.2. The Morgan fingerprint density at radius 2 is 1.85 bits per heavy atom. The van der Waals surface area contributed by atoms with Gasteiger partial charge in [-0.3, -0.25) is 4.79 Å². The van der Waals surface area contributed by atoms with Crippen LogP contribution in [0.5, 0.6) is 5.75 Å². The van der Waals surface area contributed by atoms with Crippen molar-refractivity contribution in [2.24, 2.45) is 7.05 Å². The number of fused-ring (bicyclic) bond motifs is 2. The zero-order valence-electron chi connectivity index (χ0n) is 22.5. The van der Waals surface area contributed by atoms with Gasteiger partial charge >= 0.3 is 0 Å². The first-order chi connectivity index (χ1) is 19.4. The lowest BCUT2D eigenvalue weighted by molar-refractivity contribution is 0.101. The Balaban J connectivity index is 1.40. The molecule has 6 aromatic rings. The van der Waals surface area contributed by atoms with Crippen LogP contribution in [-0.4, -0.2) is 56.4 Å². The quantitative estimate of drug-likeness (QED) is 0.325. The number of anilines is 3. The number of aryl methyl sites for hydroxylation is 1. The molecule has 3 N–H and O–H groups in total. The van der Waals surface area contributed by atoms with Crippen LogP contribution in [0.15, 0.2) is 73.2 Å². The summed E-state index contributed by atoms with van der Waals surface area (Å²) >= 11 is 0. The second kappa shape index (κ2) is 9.70. The fourth-order valence-electron chi connectivity index (χ4n) is 4.78. The lowest BCUT2D eigenvalue weighted by Gasteiger charge is -2.12. The summed E-state index contributed by atoms with van der Waals surface area (Å²) in [7, 11) is 7.27. The molecular weight excluding hydrogens is 506 g/mol. The third kappa shape index (κ3) is 4.13. The summed E-state index contributed by atoms with van der Waals surface area (Å²) in [5, 5.41) is 9.47. The fraction of sp³-hybridized carbons (Fsp3) is 0.138. The minimum atomic E-state index is -0.244. The van der Waals surface area contributed by atoms with Gasteiger partial charge in [0.2, 0.25) is 0 Å². The van der Waals surface area contributed by atoms with Crippen molar-refractivity contribution in [2.45, 2.75) is 0 Å². The SMILES string of the molecule is COc1cc(-c2nn(-c3ccnc(N(C)C)c3)c3ncnc(N)c23)ccc1NC(=O)c1cc2ccccc2n1C. The van der Waals surface area contributed by atoms with E-state index in [2.05, 4.69) is 20.3 Å². The summed E-state index contributed by atoms with van der Waals surface area (Å²) in [5.41, 5.74) is 11.0. The van der Waals surface area contributed by atoms with E-state index in [9.17, 15) is 4.79 Å². The van der Waals surface area contributed by atoms with Crippen LogP contribution >= 0.6 is 0 Å². The Morgan fingerprint density at radius 1 is 1.02 bits per heavy atom. The van der Waals surface area contributed by atoms with Crippen molar-refractivity contribution in [2.75, 3.05) is 37.2 Å². The van der Waals surface area contributed by atoms with E-state index in [4.69, 9.17) is 15.6 Å². The number of ether oxygens (including phenoxy) is 1. The summed E-state index contributed by atoms with van der Waals surface area (Å²) in [5.74, 6) is 1.31. The van der Waals surface area contributed by atoms with Crippen LogP contribution in [0.3, 0.4) is 0 Å². The third-order valence-electron chi connectivity index (χ3n) is 6.83. The molecule has 40 heavy (non-hydrogen) atoms. The molecule has 2 aromatic carbocycles. The number of carbonyl (C=O) groups excluding carboxylic acids is 1. The van der Waals surface area contributed by atoms with Crippen molar-refractivity contribution in [1.29, 1.82) is 0 Å². The Labute approximate surface area is 229 Å². The Hall–Kier alpha value is -5.45. The molecule has 0 aliphatic heterocycles. The van der Waals surface area contributed by atoms with Crippen molar-refractivity contribution in [3.8, 4) is 22.7 Å². The van der Waals surface area contributed by atoms with E-state index in [0.717, 1.165) is 28.0 Å². The summed E-state index contributed by atoms with van der Waals surface area (Å²) in [6, 6.07) is 19.0. The number of hydrogen-bond donors (Lipinski definition) is 2. The first-order valence-electron chi connectivity index (χ1n) is 12.5. The molecule has 11 nitrogen and oxygen atoms in total. The molecule has 1 amide bonds. The zero-order chi connectivity index (χ0) is 28.0. The summed E-state index contributed by atoms with van der Waals surface area (Å²) in [6.07, 6.45) is 3.14. The van der Waals surface area contributed by atoms with Crippen molar-refractivity contribution in [3.63, 3.8) is 0 Å². The van der Waals surface area contributed by atoms with Crippen LogP contribution in [-0.2, 0) is 7.05 Å². The summed E-state index contributed by atoms with van der Waals surface area (Å²) in [6.45, 7) is 0. The number of carbonyl (C=O) groups is 1. The maximum Gasteiger partial charge on any atom is 0.272 e. The Morgan fingerprint density at radius 3 is 2.62 bits per heavy atom. The molecule has 0 radical (unpaired) electrons. The van der Waals surface area contributed by atoms with E-state index < -0.39 is 0 Å². The zero-order valence-corrected chi connectivity index (χ0v) is 22.5. The molecule has 11 heteroatoms. The average Bonchev–Trinajstić information content (AvgIpc) is 3.53. The highest BCUT2D eigenvalue weighted by Gasteiger charge is 2.21. The number of rotatable bonds is 6. The molecule has 4 aromatic heterocycles. The number of hydrogen-bond acceptors (Lipinski definition) is 8. The van der Waals surface area contributed by atoms with Crippen LogP contribution in [0.2, 0.25) is 0 Å². The van der Waals surface area contributed by atoms with Gasteiger partial charge in [-0.15, -0.1) is 0 Å². The number of benzene rings is 2. The maximum absolute atomic E-state index is 13.2. The van der Waals surface area contributed by atoms with Gasteiger partial charge in [-0.05, 0) is 30.3 Å². The second-order valence-corrected chi connectivity index (χ2v) is 9.50. The van der Waals surface area contributed by atoms with E-state index >= 15 is 0 Å². The van der Waals surface area contributed by atoms with E-state index in [1.165, 1.54) is 6.33 Å². The van der Waals surface area contributed by atoms with Crippen LogP contribution < -0.4 is 20.7 Å². The van der Waals surface area contributed by atoms with E-state index in [1.807, 2.05) is 85.2 Å². The molecule has 0 bridgehead atoms. The highest BCUT2D eigenvalue weighted by atomic mass is 16.5. The van der Waals surface area contributed by atoms with Crippen molar-refractivity contribution in [1.82, 2.24) is 29.3 Å². The van der Waals surface area contributed by atoms with Gasteiger partial charge in [-0.1, -0.05) is 24.3 Å². The molecular formula is C29H27N9O2. The highest BCUT2D eigenvalue weighted by Crippen LogP contribution is 2.36. The predicted molar refractivity (Wildman–Crippen MR) is 156 cm³/mol. The van der Waals surface area contributed by atoms with Crippen LogP contribution in [0, 0.1) is 0 Å². The summed E-state index contributed by atoms with van der Waals surface area (Å²) < 4.78 is 9.27. The van der Waals surface area contributed by atoms with Gasteiger partial charge in [0.05, 0.1) is 23.9 Å². The van der Waals surface area contributed by atoms with Gasteiger partial charge in [0.1, 0.15) is 35.1 Å². The fourth-order valence-corrected chi connectivity index (χ4v) is 4.78. The summed E-state index contributed by atoms with van der Waals surface area (Å²) in [4.78, 5) is 28.2. The maximum atomic E-state index is 13.2. The van der Waals surface area contributed by atoms with E-state index in [-0.39, 0.29) is 5.91 Å². The largest absolute Gasteiger partial charge is 0.495 e. The van der Waals surface area contributed by atoms with Crippen LogP contribution in [0.4, 0.5) is 17.3 Å². The third-order valence-corrected chi connectivity index (χ3v) is 6.83. The first kappa shape index (κ1) is 24.9. The molecule has 0 spiro atoms. The number of aromatic nitrogens is 6. The number of nitrogens with zero attached hydrogens (tertiary/aromatic N) is 7. The number of para-hydroxylation sites is 1. The molecule has 200 valence electrons. The number of amides is 1. The van der Waals surface area contributed by atoms with Gasteiger partial charge in [-0.2, -0.15) is 5.10 Å². The van der Waals surface area contributed by atoms with E-state index in [1.54, 1.807) is 24.1 Å². The number of nitrogens with two attached hydrogens (primary N) is 1. The van der Waals surface area contributed by atoms with Gasteiger partial charge < -0.3 is 25.3 Å². The molecule has 0 aliphatic rings. The monoisotopic (exact) mass is 533 g/mol. The molecule has 0 atom stereocenters. The minimum absolute atomic E-state index is 0.244. The van der Waals surface area contributed by atoms with E-state index in [0.29, 0.717) is 39.7 Å². The van der Waals surface area contributed by atoms with Crippen LogP contribution in [0.1, 0.15) is 10.5 Å². The molecule has 0 aliphatic carbocycles. The highest BCUT2D eigenvalue weighted by molar-refractivity contribution is 6.07. The first-order valence-corrected chi connectivity index (χ1v) is 12.5. The minimum Gasteiger partial charge on any atom is -0.495 e. The smallest absolute Gasteiger partial charge is 0.272 e. The Bertz CT molecular complexity index is 1910. The molecule has 0 saturated carbocycles. The standard InChI is InChI=1S/C29H27N9O2/c1-36(2)24-15-19(11-12-31-24)38-28-25(27(30)32-16-33-28)26(35-38)18-9-10-20(23(14-18)40-4)34-29(39)22-13-17-7-5-6-8-21(17)37(22)3/h5-16H,1-4H3,(H,34,39)(H2,30,32,33). The average molecular weight is 534 g/mol. The number of nitrogens with one attached hydrogen (secondary N) is 1. The lowest BCUT2D eigenvalue weighted by Crippen LogP contribution is -2.16. The van der Waals surface area contributed by atoms with Crippen molar-refractivity contribution >= 4 is 45.2 Å². The van der Waals surface area contributed by atoms with Gasteiger partial charge in [0.15, 0.2) is 5.65 Å². The second-order valence-electron chi connectivity index (χ2n) is 9.50. The van der Waals surface area contributed by atoms with Crippen molar-refractivity contribution < 1.29 is 9.53 Å². The molecule has 0 saturated heterocycles. The predicted octanol–water partition coefficient (Wildman–Crippen LogP) is 4.28.